The highest BCUT2D eigenvalue weighted by molar-refractivity contribution is 5.85. The molecule has 2 aliphatic heterocycles. The van der Waals surface area contributed by atoms with Gasteiger partial charge in [0, 0.05) is 61.9 Å². The maximum Gasteiger partial charge on any atom is 0.317 e. The largest absolute Gasteiger partial charge is 0.361 e. The van der Waals surface area contributed by atoms with Crippen LogP contribution in [-0.2, 0) is 0 Å². The number of amides is 2. The number of carbonyl (C=O) groups excluding carboxylic acids is 1. The summed E-state index contributed by atoms with van der Waals surface area (Å²) in [7, 11) is 0. The molecule has 0 saturated carbocycles. The summed E-state index contributed by atoms with van der Waals surface area (Å²) < 4.78 is 0. The first-order chi connectivity index (χ1) is 14.3. The van der Waals surface area contributed by atoms with Gasteiger partial charge in [-0.3, -0.25) is 0 Å². The normalized spacial score (nSPS) is 19.7. The molecule has 2 aromatic rings. The molecule has 2 N–H and O–H groups in total. The summed E-state index contributed by atoms with van der Waals surface area (Å²) in [6.07, 6.45) is 4.33. The van der Waals surface area contributed by atoms with Gasteiger partial charge in [0.2, 0.25) is 0 Å². The molecule has 3 heterocycles. The number of piperazine rings is 1. The molecule has 1 aromatic carbocycles. The Morgan fingerprint density at radius 2 is 1.77 bits per heavy atom. The van der Waals surface area contributed by atoms with Crippen molar-refractivity contribution in [3.8, 4) is 6.07 Å². The Bertz CT molecular complexity index is 937. The highest BCUT2D eigenvalue weighted by Gasteiger charge is 2.30. The predicted molar refractivity (Wildman–Crippen MR) is 118 cm³/mol. The van der Waals surface area contributed by atoms with E-state index >= 15 is 0 Å². The van der Waals surface area contributed by atoms with Crippen molar-refractivity contribution in [3.05, 3.63) is 35.5 Å². The maximum atomic E-state index is 12.4. The summed E-state index contributed by atoms with van der Waals surface area (Å²) in [5.74, 6) is 0.516. The summed E-state index contributed by atoms with van der Waals surface area (Å²) in [5.41, 5.74) is 2.96. The number of piperidine rings is 1. The summed E-state index contributed by atoms with van der Waals surface area (Å²) in [6, 6.07) is 8.17. The Morgan fingerprint density at radius 1 is 1.10 bits per heavy atom. The molecular weight excluding hydrogens is 376 g/mol. The van der Waals surface area contributed by atoms with Crippen LogP contribution in [0.3, 0.4) is 0 Å². The second kappa shape index (κ2) is 8.29. The SMILES string of the molecule is CC(C)(C)NC(=O)N1CCN(N2CCC(c3c[nH]c4ccc(C#N)cc34)CC2)CC1. The summed E-state index contributed by atoms with van der Waals surface area (Å²) in [5, 5.41) is 18.3. The lowest BCUT2D eigenvalue weighted by molar-refractivity contribution is -0.0650. The van der Waals surface area contributed by atoms with E-state index < -0.39 is 0 Å². The van der Waals surface area contributed by atoms with Gasteiger partial charge in [-0.2, -0.15) is 5.26 Å². The van der Waals surface area contributed by atoms with Crippen LogP contribution < -0.4 is 5.32 Å². The first-order valence-corrected chi connectivity index (χ1v) is 10.9. The Hall–Kier alpha value is -2.56. The van der Waals surface area contributed by atoms with Gasteiger partial charge in [-0.1, -0.05) is 0 Å². The van der Waals surface area contributed by atoms with Gasteiger partial charge in [0.1, 0.15) is 0 Å². The third-order valence-electron chi connectivity index (χ3n) is 6.18. The standard InChI is InChI=1S/C23H32N6O/c1-23(2,3)26-22(30)27-10-12-29(13-11-27)28-8-6-18(7-9-28)20-16-25-21-5-4-17(15-24)14-19(20)21/h4-5,14,16,18,25H,6-13H2,1-3H3,(H,26,30). The van der Waals surface area contributed by atoms with Crippen molar-refractivity contribution in [2.75, 3.05) is 39.3 Å². The van der Waals surface area contributed by atoms with E-state index in [9.17, 15) is 10.1 Å². The van der Waals surface area contributed by atoms with Crippen LogP contribution in [0.25, 0.3) is 10.9 Å². The number of aromatic amines is 1. The van der Waals surface area contributed by atoms with Crippen LogP contribution in [0, 0.1) is 11.3 Å². The third kappa shape index (κ3) is 4.45. The number of nitrogens with zero attached hydrogens (tertiary/aromatic N) is 4. The molecule has 0 radical (unpaired) electrons. The molecule has 0 bridgehead atoms. The minimum atomic E-state index is -0.202. The fourth-order valence-electron chi connectivity index (χ4n) is 4.59. The van der Waals surface area contributed by atoms with Gasteiger partial charge >= 0.3 is 6.03 Å². The third-order valence-corrected chi connectivity index (χ3v) is 6.18. The molecule has 2 aliphatic rings. The van der Waals surface area contributed by atoms with Gasteiger partial charge in [-0.05, 0) is 63.3 Å². The number of fused-ring (bicyclic) bond motifs is 1. The molecule has 7 heteroatoms. The number of rotatable bonds is 2. The van der Waals surface area contributed by atoms with Crippen LogP contribution in [0.1, 0.15) is 50.7 Å². The molecule has 0 unspecified atom stereocenters. The van der Waals surface area contributed by atoms with E-state index in [0.717, 1.165) is 57.6 Å². The van der Waals surface area contributed by atoms with E-state index in [1.54, 1.807) is 0 Å². The van der Waals surface area contributed by atoms with Crippen LogP contribution in [-0.4, -0.2) is 70.7 Å². The van der Waals surface area contributed by atoms with Crippen molar-refractivity contribution in [2.24, 2.45) is 0 Å². The Balaban J connectivity index is 1.32. The summed E-state index contributed by atoms with van der Waals surface area (Å²) in [6.45, 7) is 11.4. The lowest BCUT2D eigenvalue weighted by Gasteiger charge is -2.44. The summed E-state index contributed by atoms with van der Waals surface area (Å²) in [4.78, 5) is 17.7. The Labute approximate surface area is 178 Å². The number of hydrogen-bond donors (Lipinski definition) is 2. The maximum absolute atomic E-state index is 12.4. The van der Waals surface area contributed by atoms with Gasteiger partial charge in [-0.25, -0.2) is 14.8 Å². The zero-order valence-electron chi connectivity index (χ0n) is 18.2. The number of aromatic nitrogens is 1. The molecule has 2 saturated heterocycles. The molecule has 4 rings (SSSR count). The van der Waals surface area contributed by atoms with Gasteiger partial charge in [-0.15, -0.1) is 0 Å². The molecule has 0 aliphatic carbocycles. The van der Waals surface area contributed by atoms with Gasteiger partial charge in [0.05, 0.1) is 11.6 Å². The number of urea groups is 1. The molecule has 1 aromatic heterocycles. The minimum absolute atomic E-state index is 0.0388. The predicted octanol–water partition coefficient (Wildman–Crippen LogP) is 3.26. The van der Waals surface area contributed by atoms with Crippen molar-refractivity contribution in [2.45, 2.75) is 45.1 Å². The van der Waals surface area contributed by atoms with Crippen molar-refractivity contribution >= 4 is 16.9 Å². The lowest BCUT2D eigenvalue weighted by Crippen LogP contribution is -2.59. The van der Waals surface area contributed by atoms with E-state index in [4.69, 9.17) is 0 Å². The second-order valence-corrected chi connectivity index (χ2v) is 9.46. The molecule has 7 nitrogen and oxygen atoms in total. The first-order valence-electron chi connectivity index (χ1n) is 10.9. The van der Waals surface area contributed by atoms with E-state index in [0.29, 0.717) is 11.5 Å². The monoisotopic (exact) mass is 408 g/mol. The number of nitriles is 1. The zero-order valence-corrected chi connectivity index (χ0v) is 18.2. The Morgan fingerprint density at radius 3 is 2.40 bits per heavy atom. The highest BCUT2D eigenvalue weighted by atomic mass is 16.2. The fraction of sp³-hybridized carbons (Fsp3) is 0.565. The quantitative estimate of drug-likeness (QED) is 0.800. The average molecular weight is 409 g/mol. The van der Waals surface area contributed by atoms with Gasteiger partial charge in [0.15, 0.2) is 0 Å². The number of nitrogens with one attached hydrogen (secondary N) is 2. The second-order valence-electron chi connectivity index (χ2n) is 9.46. The Kier molecular flexibility index (Phi) is 5.72. The summed E-state index contributed by atoms with van der Waals surface area (Å²) >= 11 is 0. The molecule has 160 valence electrons. The zero-order chi connectivity index (χ0) is 21.3. The van der Waals surface area contributed by atoms with Crippen molar-refractivity contribution in [3.63, 3.8) is 0 Å². The van der Waals surface area contributed by atoms with E-state index in [1.165, 1.54) is 10.9 Å². The molecule has 2 amide bonds. The van der Waals surface area contributed by atoms with Crippen LogP contribution in [0.5, 0.6) is 0 Å². The van der Waals surface area contributed by atoms with Gasteiger partial charge in [0.25, 0.3) is 0 Å². The number of benzene rings is 1. The highest BCUT2D eigenvalue weighted by Crippen LogP contribution is 2.34. The minimum Gasteiger partial charge on any atom is -0.361 e. The van der Waals surface area contributed by atoms with Crippen molar-refractivity contribution in [1.82, 2.24) is 25.2 Å². The van der Waals surface area contributed by atoms with Gasteiger partial charge < -0.3 is 15.2 Å². The number of carbonyl (C=O) groups is 1. The molecule has 30 heavy (non-hydrogen) atoms. The van der Waals surface area contributed by atoms with E-state index in [-0.39, 0.29) is 11.6 Å². The fourth-order valence-corrected chi connectivity index (χ4v) is 4.59. The van der Waals surface area contributed by atoms with Crippen LogP contribution in [0.2, 0.25) is 0 Å². The van der Waals surface area contributed by atoms with E-state index in [1.807, 2.05) is 43.9 Å². The smallest absolute Gasteiger partial charge is 0.317 e. The van der Waals surface area contributed by atoms with Crippen LogP contribution in [0.15, 0.2) is 24.4 Å². The van der Waals surface area contributed by atoms with Crippen LogP contribution >= 0.6 is 0 Å². The molecule has 2 fully saturated rings. The molecular formula is C23H32N6O. The number of H-pyrrole nitrogens is 1. The van der Waals surface area contributed by atoms with E-state index in [2.05, 4.69) is 32.6 Å². The van der Waals surface area contributed by atoms with Crippen molar-refractivity contribution in [1.29, 1.82) is 5.26 Å². The van der Waals surface area contributed by atoms with Crippen LogP contribution in [0.4, 0.5) is 4.79 Å². The number of hydrazine groups is 1. The molecule has 0 spiro atoms. The average Bonchev–Trinajstić information content (AvgIpc) is 3.16. The topological polar surface area (TPSA) is 78.4 Å². The first kappa shape index (κ1) is 20.7. The van der Waals surface area contributed by atoms with Crippen molar-refractivity contribution < 1.29 is 4.79 Å². The molecule has 0 atom stereocenters. The number of hydrogen-bond acceptors (Lipinski definition) is 4. The lowest BCUT2D eigenvalue weighted by atomic mass is 9.89.